The lowest BCUT2D eigenvalue weighted by atomic mass is 10.1. The second kappa shape index (κ2) is 7.25. The minimum absolute atomic E-state index is 0. The Balaban J connectivity index is 0.00000156. The number of benzene rings is 1. The van der Waals surface area contributed by atoms with Crippen LogP contribution in [0, 0.1) is 0 Å². The Morgan fingerprint density at radius 2 is 1.91 bits per heavy atom. The molecule has 0 saturated carbocycles. The van der Waals surface area contributed by atoms with Crippen LogP contribution in [0.15, 0.2) is 55.0 Å². The fourth-order valence-electron chi connectivity index (χ4n) is 2.96. The number of aryl methyl sites for hydroxylation is 2. The molecule has 0 amide bonds. The SMILES string of the molecule is Br.c1ccc2c(CC[n+]3cccc(C4OCCO4)c3)c[nH]c2c1. The zero-order valence-electron chi connectivity index (χ0n) is 12.8. The fourth-order valence-corrected chi connectivity index (χ4v) is 2.96. The van der Waals surface area contributed by atoms with E-state index in [1.54, 1.807) is 0 Å². The molecule has 0 aliphatic carbocycles. The van der Waals surface area contributed by atoms with Gasteiger partial charge in [-0.1, -0.05) is 18.2 Å². The Morgan fingerprint density at radius 1 is 1.09 bits per heavy atom. The molecule has 2 aromatic heterocycles. The summed E-state index contributed by atoms with van der Waals surface area (Å²) < 4.78 is 13.3. The molecule has 0 radical (unpaired) electrons. The number of aromatic amines is 1. The van der Waals surface area contributed by atoms with E-state index in [1.165, 1.54) is 16.5 Å². The van der Waals surface area contributed by atoms with Gasteiger partial charge in [-0.05, 0) is 17.7 Å². The number of fused-ring (bicyclic) bond motifs is 1. The maximum Gasteiger partial charge on any atom is 0.189 e. The van der Waals surface area contributed by atoms with Crippen LogP contribution in [0.2, 0.25) is 0 Å². The van der Waals surface area contributed by atoms with E-state index < -0.39 is 0 Å². The van der Waals surface area contributed by atoms with E-state index in [4.69, 9.17) is 9.47 Å². The van der Waals surface area contributed by atoms with Gasteiger partial charge >= 0.3 is 0 Å². The molecule has 1 aliphatic rings. The van der Waals surface area contributed by atoms with E-state index in [0.29, 0.717) is 13.2 Å². The van der Waals surface area contributed by atoms with E-state index in [-0.39, 0.29) is 23.3 Å². The van der Waals surface area contributed by atoms with Gasteiger partial charge in [0.2, 0.25) is 0 Å². The Morgan fingerprint density at radius 3 is 2.78 bits per heavy atom. The highest BCUT2D eigenvalue weighted by Gasteiger charge is 2.20. The van der Waals surface area contributed by atoms with Gasteiger partial charge in [-0.2, -0.15) is 0 Å². The minimum Gasteiger partial charge on any atom is -0.361 e. The molecule has 3 heterocycles. The van der Waals surface area contributed by atoms with Gasteiger partial charge in [-0.25, -0.2) is 4.57 Å². The van der Waals surface area contributed by atoms with Crippen molar-refractivity contribution in [2.24, 2.45) is 0 Å². The van der Waals surface area contributed by atoms with Crippen molar-refractivity contribution >= 4 is 27.9 Å². The second-order valence-corrected chi connectivity index (χ2v) is 5.56. The first-order valence-electron chi connectivity index (χ1n) is 7.67. The van der Waals surface area contributed by atoms with Gasteiger partial charge in [0.1, 0.15) is 0 Å². The zero-order valence-corrected chi connectivity index (χ0v) is 14.5. The summed E-state index contributed by atoms with van der Waals surface area (Å²) in [6, 6.07) is 12.5. The normalized spacial score (nSPS) is 15.0. The Kier molecular flexibility index (Phi) is 5.10. The van der Waals surface area contributed by atoms with Gasteiger partial charge in [0.15, 0.2) is 25.2 Å². The molecule has 0 unspecified atom stereocenters. The first-order valence-corrected chi connectivity index (χ1v) is 7.67. The average molecular weight is 376 g/mol. The van der Waals surface area contributed by atoms with Crippen LogP contribution in [0.3, 0.4) is 0 Å². The number of hydrogen-bond donors (Lipinski definition) is 1. The van der Waals surface area contributed by atoms with Gasteiger partial charge in [0, 0.05) is 29.6 Å². The predicted octanol–water partition coefficient (Wildman–Crippen LogP) is 3.32. The van der Waals surface area contributed by atoms with Crippen molar-refractivity contribution in [1.29, 1.82) is 0 Å². The number of pyridine rings is 1. The van der Waals surface area contributed by atoms with Crippen LogP contribution in [0.4, 0.5) is 0 Å². The summed E-state index contributed by atoms with van der Waals surface area (Å²) in [6.07, 6.45) is 7.10. The number of ether oxygens (including phenoxy) is 2. The number of nitrogens with zero attached hydrogens (tertiary/aromatic N) is 1. The van der Waals surface area contributed by atoms with E-state index >= 15 is 0 Å². The highest BCUT2D eigenvalue weighted by Crippen LogP contribution is 2.21. The molecule has 1 saturated heterocycles. The standard InChI is InChI=1S/C18H19N2O2.BrH/c1-2-6-17-16(5-1)14(12-19-17)7-9-20-8-3-4-15(13-20)18-21-10-11-22-18;/h1-6,8,12-13,18-19H,7,9-11H2;1H/q+1;. The van der Waals surface area contributed by atoms with Crippen LogP contribution in [-0.2, 0) is 22.4 Å². The molecule has 23 heavy (non-hydrogen) atoms. The molecule has 1 aromatic carbocycles. The molecule has 0 spiro atoms. The maximum atomic E-state index is 5.56. The molecule has 3 aromatic rings. The lowest BCUT2D eigenvalue weighted by Crippen LogP contribution is -2.34. The van der Waals surface area contributed by atoms with Crippen molar-refractivity contribution in [3.8, 4) is 0 Å². The maximum absolute atomic E-state index is 5.56. The van der Waals surface area contributed by atoms with Crippen molar-refractivity contribution in [3.05, 3.63) is 66.1 Å². The molecule has 1 aliphatic heterocycles. The summed E-state index contributed by atoms with van der Waals surface area (Å²) >= 11 is 0. The molecule has 120 valence electrons. The highest BCUT2D eigenvalue weighted by molar-refractivity contribution is 8.93. The van der Waals surface area contributed by atoms with Crippen LogP contribution in [0.5, 0.6) is 0 Å². The lowest BCUT2D eigenvalue weighted by molar-refractivity contribution is -0.697. The van der Waals surface area contributed by atoms with E-state index in [2.05, 4.69) is 64.5 Å². The summed E-state index contributed by atoms with van der Waals surface area (Å²) in [5.41, 5.74) is 3.63. The third-order valence-electron chi connectivity index (χ3n) is 4.09. The molecule has 4 nitrogen and oxygen atoms in total. The van der Waals surface area contributed by atoms with Crippen molar-refractivity contribution in [1.82, 2.24) is 4.98 Å². The van der Waals surface area contributed by atoms with E-state index in [0.717, 1.165) is 18.5 Å². The summed E-state index contributed by atoms with van der Waals surface area (Å²) in [5.74, 6) is 0. The number of hydrogen-bond acceptors (Lipinski definition) is 2. The van der Waals surface area contributed by atoms with E-state index in [1.807, 2.05) is 0 Å². The van der Waals surface area contributed by atoms with Gasteiger partial charge in [-0.15, -0.1) is 17.0 Å². The molecule has 4 rings (SSSR count). The van der Waals surface area contributed by atoms with Gasteiger partial charge in [0.25, 0.3) is 0 Å². The Labute approximate surface area is 145 Å². The zero-order chi connectivity index (χ0) is 14.8. The van der Waals surface area contributed by atoms with Crippen LogP contribution in [-0.4, -0.2) is 18.2 Å². The lowest BCUT2D eigenvalue weighted by Gasteiger charge is -2.07. The summed E-state index contributed by atoms with van der Waals surface area (Å²) in [6.45, 7) is 2.28. The van der Waals surface area contributed by atoms with Crippen LogP contribution >= 0.6 is 17.0 Å². The monoisotopic (exact) mass is 375 g/mol. The van der Waals surface area contributed by atoms with Crippen molar-refractivity contribution in [3.63, 3.8) is 0 Å². The molecular formula is C18H20BrN2O2+. The Hall–Kier alpha value is -1.69. The summed E-state index contributed by atoms with van der Waals surface area (Å²) in [7, 11) is 0. The molecule has 0 atom stereocenters. The number of aromatic nitrogens is 2. The number of halogens is 1. The summed E-state index contributed by atoms with van der Waals surface area (Å²) in [5, 5.41) is 1.31. The summed E-state index contributed by atoms with van der Waals surface area (Å²) in [4.78, 5) is 3.33. The molecule has 5 heteroatoms. The Bertz CT molecular complexity index is 781. The number of H-pyrrole nitrogens is 1. The first kappa shape index (κ1) is 16.2. The highest BCUT2D eigenvalue weighted by atomic mass is 79.9. The number of para-hydroxylation sites is 1. The predicted molar refractivity (Wildman–Crippen MR) is 93.6 cm³/mol. The molecule has 1 N–H and O–H groups in total. The van der Waals surface area contributed by atoms with Gasteiger partial charge in [0.05, 0.1) is 18.8 Å². The minimum atomic E-state index is -0.208. The average Bonchev–Trinajstić information content (AvgIpc) is 3.23. The first-order chi connectivity index (χ1) is 10.9. The van der Waals surface area contributed by atoms with Crippen molar-refractivity contribution in [2.75, 3.05) is 13.2 Å². The topological polar surface area (TPSA) is 38.1 Å². The molecule has 0 bridgehead atoms. The third-order valence-corrected chi connectivity index (χ3v) is 4.09. The van der Waals surface area contributed by atoms with Crippen molar-refractivity contribution in [2.45, 2.75) is 19.3 Å². The molecular weight excluding hydrogens is 356 g/mol. The fraction of sp³-hybridized carbons (Fsp3) is 0.278. The van der Waals surface area contributed by atoms with Crippen molar-refractivity contribution < 1.29 is 14.0 Å². The van der Waals surface area contributed by atoms with Crippen LogP contribution in [0.1, 0.15) is 17.4 Å². The quantitative estimate of drug-likeness (QED) is 0.710. The number of nitrogens with one attached hydrogen (secondary N) is 1. The smallest absolute Gasteiger partial charge is 0.189 e. The second-order valence-electron chi connectivity index (χ2n) is 5.56. The third kappa shape index (κ3) is 3.47. The van der Waals surface area contributed by atoms with Crippen LogP contribution < -0.4 is 4.57 Å². The van der Waals surface area contributed by atoms with Gasteiger partial charge < -0.3 is 14.5 Å². The van der Waals surface area contributed by atoms with Gasteiger partial charge in [-0.3, -0.25) is 0 Å². The number of rotatable bonds is 4. The largest absolute Gasteiger partial charge is 0.361 e. The van der Waals surface area contributed by atoms with E-state index in [9.17, 15) is 0 Å². The molecule has 1 fully saturated rings. The van der Waals surface area contributed by atoms with Crippen LogP contribution in [0.25, 0.3) is 10.9 Å².